The van der Waals surface area contributed by atoms with Crippen molar-refractivity contribution in [1.29, 1.82) is 0 Å². The summed E-state index contributed by atoms with van der Waals surface area (Å²) in [6, 6.07) is 11.7. The van der Waals surface area contributed by atoms with Crippen molar-refractivity contribution in [2.75, 3.05) is 13.7 Å². The van der Waals surface area contributed by atoms with Gasteiger partial charge in [0.15, 0.2) is 10.8 Å². The van der Waals surface area contributed by atoms with Crippen molar-refractivity contribution in [1.82, 2.24) is 25.1 Å². The minimum Gasteiger partial charge on any atom is -0.492 e. The fraction of sp³-hybridized carbons (Fsp3) is 0.143. The van der Waals surface area contributed by atoms with E-state index in [9.17, 15) is 9.18 Å². The smallest absolute Gasteiger partial charge is 0.251 e. The maximum atomic E-state index is 14.3. The van der Waals surface area contributed by atoms with Crippen LogP contribution in [0.3, 0.4) is 0 Å². The molecule has 1 amide bonds. The Morgan fingerprint density at radius 2 is 2.13 bits per heavy atom. The van der Waals surface area contributed by atoms with E-state index in [4.69, 9.17) is 9.72 Å². The maximum Gasteiger partial charge on any atom is 0.251 e. The van der Waals surface area contributed by atoms with Crippen LogP contribution in [0.4, 0.5) is 4.39 Å². The van der Waals surface area contributed by atoms with Crippen molar-refractivity contribution in [2.24, 2.45) is 0 Å². The second kappa shape index (κ2) is 7.34. The number of amides is 1. The Balaban J connectivity index is 1.60. The second-order valence-corrected chi connectivity index (χ2v) is 7.71. The number of rotatable bonds is 3. The number of carbonyl (C=O) groups excluding carboxylic acids is 1. The molecule has 0 atom stereocenters. The van der Waals surface area contributed by atoms with Gasteiger partial charge in [-0.3, -0.25) is 4.79 Å². The van der Waals surface area contributed by atoms with Gasteiger partial charge in [-0.25, -0.2) is 19.0 Å². The van der Waals surface area contributed by atoms with Crippen LogP contribution in [-0.4, -0.2) is 39.3 Å². The summed E-state index contributed by atoms with van der Waals surface area (Å²) in [5.41, 5.74) is 2.44. The van der Waals surface area contributed by atoms with Crippen LogP contribution in [0.2, 0.25) is 0 Å². The van der Waals surface area contributed by atoms with Gasteiger partial charge in [0.2, 0.25) is 0 Å². The van der Waals surface area contributed by atoms with Crippen molar-refractivity contribution in [3.8, 4) is 33.5 Å². The van der Waals surface area contributed by atoms with Crippen molar-refractivity contribution in [3.63, 3.8) is 0 Å². The van der Waals surface area contributed by atoms with Gasteiger partial charge in [0, 0.05) is 29.5 Å². The molecule has 0 unspecified atom stereocenters. The van der Waals surface area contributed by atoms with E-state index in [-0.39, 0.29) is 11.7 Å². The molecule has 5 rings (SSSR count). The first-order valence-electron chi connectivity index (χ1n) is 9.30. The van der Waals surface area contributed by atoms with Crippen LogP contribution in [0.15, 0.2) is 48.8 Å². The third-order valence-electron chi connectivity index (χ3n) is 4.83. The number of aromatic nitrogens is 4. The number of ether oxygens (including phenoxy) is 1. The molecular formula is C21H16FN5O2S. The average Bonchev–Trinajstić information content (AvgIpc) is 3.37. The zero-order valence-corrected chi connectivity index (χ0v) is 16.7. The molecule has 7 nitrogen and oxygen atoms in total. The second-order valence-electron chi connectivity index (χ2n) is 6.63. The maximum absolute atomic E-state index is 14.3. The summed E-state index contributed by atoms with van der Waals surface area (Å²) in [6.07, 6.45) is 2.06. The molecule has 1 aliphatic heterocycles. The molecule has 1 N–H and O–H groups in total. The lowest BCUT2D eigenvalue weighted by Gasteiger charge is -2.09. The highest BCUT2D eigenvalue weighted by Crippen LogP contribution is 2.40. The first-order valence-corrected chi connectivity index (χ1v) is 10.1. The van der Waals surface area contributed by atoms with Crippen LogP contribution in [0, 0.1) is 5.82 Å². The predicted octanol–water partition coefficient (Wildman–Crippen LogP) is 3.49. The van der Waals surface area contributed by atoms with Gasteiger partial charge in [-0.1, -0.05) is 12.1 Å². The Labute approximate surface area is 175 Å². The summed E-state index contributed by atoms with van der Waals surface area (Å²) in [5, 5.41) is 7.45. The molecule has 0 spiro atoms. The van der Waals surface area contributed by atoms with Crippen LogP contribution in [-0.2, 0) is 6.42 Å². The van der Waals surface area contributed by atoms with Crippen molar-refractivity contribution < 1.29 is 13.9 Å². The summed E-state index contributed by atoms with van der Waals surface area (Å²) in [4.78, 5) is 22.1. The van der Waals surface area contributed by atoms with Crippen LogP contribution < -0.4 is 10.1 Å². The Kier molecular flexibility index (Phi) is 4.51. The normalized spacial score (nSPS) is 12.5. The molecule has 0 saturated heterocycles. The van der Waals surface area contributed by atoms with Gasteiger partial charge in [0.1, 0.15) is 23.6 Å². The van der Waals surface area contributed by atoms with Crippen LogP contribution in [0.25, 0.3) is 27.8 Å². The van der Waals surface area contributed by atoms with Gasteiger partial charge in [-0.15, -0.1) is 11.3 Å². The number of para-hydroxylation sites is 1. The van der Waals surface area contributed by atoms with Gasteiger partial charge in [-0.05, 0) is 30.3 Å². The summed E-state index contributed by atoms with van der Waals surface area (Å²) < 4.78 is 21.6. The molecule has 1 aliphatic rings. The van der Waals surface area contributed by atoms with E-state index in [2.05, 4.69) is 15.4 Å². The quantitative estimate of drug-likeness (QED) is 0.548. The minimum absolute atomic E-state index is 0.178. The topological polar surface area (TPSA) is 81.9 Å². The van der Waals surface area contributed by atoms with Gasteiger partial charge < -0.3 is 10.1 Å². The summed E-state index contributed by atoms with van der Waals surface area (Å²) in [5.74, 6) is 0.524. The summed E-state index contributed by atoms with van der Waals surface area (Å²) in [7, 11) is 1.59. The van der Waals surface area contributed by atoms with Gasteiger partial charge in [-0.2, -0.15) is 5.10 Å². The van der Waals surface area contributed by atoms with E-state index in [1.807, 2.05) is 6.07 Å². The fourth-order valence-electron chi connectivity index (χ4n) is 3.39. The van der Waals surface area contributed by atoms with Gasteiger partial charge >= 0.3 is 0 Å². The number of thiazole rings is 1. The number of nitrogens with zero attached hydrogens (tertiary/aromatic N) is 4. The van der Waals surface area contributed by atoms with Gasteiger partial charge in [0.25, 0.3) is 5.91 Å². The number of hydrogen-bond donors (Lipinski definition) is 1. The molecule has 0 radical (unpaired) electrons. The number of benzene rings is 2. The highest BCUT2D eigenvalue weighted by atomic mass is 32.1. The molecular weight excluding hydrogens is 405 g/mol. The van der Waals surface area contributed by atoms with E-state index >= 15 is 0 Å². The van der Waals surface area contributed by atoms with Gasteiger partial charge in [0.05, 0.1) is 12.3 Å². The molecule has 150 valence electrons. The molecule has 2 aromatic heterocycles. The predicted molar refractivity (Wildman–Crippen MR) is 110 cm³/mol. The zero-order chi connectivity index (χ0) is 20.7. The first kappa shape index (κ1) is 18.4. The van der Waals surface area contributed by atoms with Crippen molar-refractivity contribution >= 4 is 17.2 Å². The fourth-order valence-corrected chi connectivity index (χ4v) is 4.43. The average molecular weight is 421 g/mol. The molecule has 9 heteroatoms. The van der Waals surface area contributed by atoms with E-state index in [0.29, 0.717) is 40.9 Å². The minimum atomic E-state index is -0.386. The molecule has 2 aromatic carbocycles. The monoisotopic (exact) mass is 421 g/mol. The number of carbonyl (C=O) groups is 1. The largest absolute Gasteiger partial charge is 0.492 e. The lowest BCUT2D eigenvalue weighted by atomic mass is 10.1. The highest BCUT2D eigenvalue weighted by Gasteiger charge is 2.24. The molecule has 0 saturated carbocycles. The zero-order valence-electron chi connectivity index (χ0n) is 15.9. The standard InChI is InChI=1S/C21H16FN5O2S/c1-23-20(28)12-6-7-13-16(10-12)29-9-8-17-18(13)26-21(30-17)19-24-11-25-27(19)15-5-3-2-4-14(15)22/h2-7,10-11H,8-9H2,1H3,(H,23,28). The van der Waals surface area contributed by atoms with Crippen LogP contribution >= 0.6 is 11.3 Å². The number of hydrogen-bond acceptors (Lipinski definition) is 6. The third kappa shape index (κ3) is 3.03. The Bertz CT molecular complexity index is 1270. The highest BCUT2D eigenvalue weighted by molar-refractivity contribution is 7.15. The van der Waals surface area contributed by atoms with Crippen molar-refractivity contribution in [2.45, 2.75) is 6.42 Å². The third-order valence-corrected chi connectivity index (χ3v) is 5.94. The molecule has 0 aliphatic carbocycles. The Hall–Kier alpha value is -3.59. The van der Waals surface area contributed by atoms with E-state index < -0.39 is 0 Å². The lowest BCUT2D eigenvalue weighted by Crippen LogP contribution is -2.17. The molecule has 4 aromatic rings. The number of nitrogens with one attached hydrogen (secondary N) is 1. The molecule has 3 heterocycles. The number of fused-ring (bicyclic) bond motifs is 3. The summed E-state index contributed by atoms with van der Waals surface area (Å²) in [6.45, 7) is 0.471. The number of halogens is 1. The van der Waals surface area contributed by atoms with E-state index in [1.165, 1.54) is 28.4 Å². The molecule has 0 fully saturated rings. The van der Waals surface area contributed by atoms with E-state index in [1.54, 1.807) is 37.4 Å². The van der Waals surface area contributed by atoms with Crippen LogP contribution in [0.1, 0.15) is 15.2 Å². The SMILES string of the molecule is CNC(=O)c1ccc2c(c1)OCCc1sc(-c3ncnn3-c3ccccc3F)nc1-2. The first-order chi connectivity index (χ1) is 14.7. The lowest BCUT2D eigenvalue weighted by molar-refractivity contribution is 0.0962. The molecule has 30 heavy (non-hydrogen) atoms. The molecule has 0 bridgehead atoms. The summed E-state index contributed by atoms with van der Waals surface area (Å²) >= 11 is 1.48. The van der Waals surface area contributed by atoms with E-state index in [0.717, 1.165) is 16.1 Å². The Morgan fingerprint density at radius 3 is 2.97 bits per heavy atom. The Morgan fingerprint density at radius 1 is 1.27 bits per heavy atom. The van der Waals surface area contributed by atoms with Crippen LogP contribution in [0.5, 0.6) is 5.75 Å². The van der Waals surface area contributed by atoms with Crippen molar-refractivity contribution in [3.05, 3.63) is 65.0 Å².